The highest BCUT2D eigenvalue weighted by Gasteiger charge is 2.10. The summed E-state index contributed by atoms with van der Waals surface area (Å²) >= 11 is 7.62. The summed E-state index contributed by atoms with van der Waals surface area (Å²) in [6.07, 6.45) is 2.46. The van der Waals surface area contributed by atoms with Gasteiger partial charge in [0.2, 0.25) is 0 Å². The second kappa shape index (κ2) is 8.16. The molecule has 0 saturated heterocycles. The molecule has 0 aliphatic carbocycles. The van der Waals surface area contributed by atoms with Crippen molar-refractivity contribution in [3.8, 4) is 0 Å². The maximum absolute atomic E-state index is 5.95. The zero-order chi connectivity index (χ0) is 13.5. The molecule has 1 atom stereocenters. The van der Waals surface area contributed by atoms with E-state index in [1.54, 1.807) is 11.3 Å². The van der Waals surface area contributed by atoms with Crippen molar-refractivity contribution in [2.75, 3.05) is 13.6 Å². The van der Waals surface area contributed by atoms with Crippen molar-refractivity contribution in [1.29, 1.82) is 0 Å². The van der Waals surface area contributed by atoms with Gasteiger partial charge in [-0.05, 0) is 45.5 Å². The van der Waals surface area contributed by atoms with E-state index in [1.165, 1.54) is 17.7 Å². The zero-order valence-electron chi connectivity index (χ0n) is 11.9. The Kier molecular flexibility index (Phi) is 7.23. The van der Waals surface area contributed by atoms with Gasteiger partial charge >= 0.3 is 0 Å². The van der Waals surface area contributed by atoms with Crippen LogP contribution < -0.4 is 5.32 Å². The van der Waals surface area contributed by atoms with Crippen LogP contribution in [-0.2, 0) is 6.54 Å². The lowest BCUT2D eigenvalue weighted by Crippen LogP contribution is -2.30. The summed E-state index contributed by atoms with van der Waals surface area (Å²) in [6, 6.07) is 5.30. The lowest BCUT2D eigenvalue weighted by molar-refractivity contribution is 0.236. The molecule has 0 radical (unpaired) electrons. The second-order valence-corrected chi connectivity index (χ2v) is 7.02. The summed E-state index contributed by atoms with van der Waals surface area (Å²) in [5.41, 5.74) is 0. The molecule has 0 saturated carbocycles. The van der Waals surface area contributed by atoms with Gasteiger partial charge in [-0.15, -0.1) is 11.3 Å². The first-order valence-electron chi connectivity index (χ1n) is 6.67. The fourth-order valence-corrected chi connectivity index (χ4v) is 3.00. The summed E-state index contributed by atoms with van der Waals surface area (Å²) < 4.78 is 0.882. The second-order valence-electron chi connectivity index (χ2n) is 5.22. The Morgan fingerprint density at radius 1 is 1.33 bits per heavy atom. The molecule has 2 nitrogen and oxygen atoms in total. The van der Waals surface area contributed by atoms with Crippen LogP contribution in [0.5, 0.6) is 0 Å². The summed E-state index contributed by atoms with van der Waals surface area (Å²) in [5, 5.41) is 3.46. The van der Waals surface area contributed by atoms with Crippen LogP contribution in [0.15, 0.2) is 12.1 Å². The lowest BCUT2D eigenvalue weighted by Gasteiger charge is -2.24. The Hall–Kier alpha value is -0.0900. The molecule has 1 unspecified atom stereocenters. The molecule has 1 heterocycles. The van der Waals surface area contributed by atoms with Crippen LogP contribution in [-0.4, -0.2) is 30.6 Å². The fourth-order valence-electron chi connectivity index (χ4n) is 1.85. The first-order valence-corrected chi connectivity index (χ1v) is 7.86. The number of rotatable bonds is 8. The number of halogens is 1. The third kappa shape index (κ3) is 6.19. The first kappa shape index (κ1) is 16.0. The van der Waals surface area contributed by atoms with E-state index < -0.39 is 0 Å². The minimum atomic E-state index is 0.589. The molecule has 0 aliphatic rings. The van der Waals surface area contributed by atoms with Crippen LogP contribution in [0.1, 0.15) is 38.5 Å². The van der Waals surface area contributed by atoms with Crippen molar-refractivity contribution in [3.63, 3.8) is 0 Å². The van der Waals surface area contributed by atoms with Gasteiger partial charge in [-0.2, -0.15) is 0 Å². The molecule has 0 aliphatic heterocycles. The highest BCUT2D eigenvalue weighted by Crippen LogP contribution is 2.23. The molecule has 0 bridgehead atoms. The average molecular weight is 289 g/mol. The monoisotopic (exact) mass is 288 g/mol. The molecule has 0 aromatic carbocycles. The van der Waals surface area contributed by atoms with Gasteiger partial charge in [0.1, 0.15) is 0 Å². The number of nitrogens with zero attached hydrogens (tertiary/aromatic N) is 1. The maximum atomic E-state index is 5.95. The molecule has 0 fully saturated rings. The molecule has 18 heavy (non-hydrogen) atoms. The van der Waals surface area contributed by atoms with E-state index in [0.29, 0.717) is 12.1 Å². The number of hydrogen-bond donors (Lipinski definition) is 1. The molecule has 0 amide bonds. The number of nitrogens with one attached hydrogen (secondary N) is 1. The minimum Gasteiger partial charge on any atom is -0.315 e. The summed E-state index contributed by atoms with van der Waals surface area (Å²) in [4.78, 5) is 3.74. The largest absolute Gasteiger partial charge is 0.315 e. The van der Waals surface area contributed by atoms with Crippen molar-refractivity contribution in [1.82, 2.24) is 10.2 Å². The Morgan fingerprint density at radius 3 is 2.61 bits per heavy atom. The van der Waals surface area contributed by atoms with Crippen LogP contribution >= 0.6 is 22.9 Å². The fraction of sp³-hybridized carbons (Fsp3) is 0.714. The normalized spacial score (nSPS) is 13.5. The van der Waals surface area contributed by atoms with Gasteiger partial charge in [0.25, 0.3) is 0 Å². The molecule has 1 rings (SSSR count). The number of hydrogen-bond acceptors (Lipinski definition) is 3. The molecule has 104 valence electrons. The van der Waals surface area contributed by atoms with Gasteiger partial charge in [-0.3, -0.25) is 4.90 Å². The highest BCUT2D eigenvalue weighted by molar-refractivity contribution is 7.16. The average Bonchev–Trinajstić information content (AvgIpc) is 2.69. The Balaban J connectivity index is 2.22. The van der Waals surface area contributed by atoms with Crippen LogP contribution in [0.2, 0.25) is 4.34 Å². The summed E-state index contributed by atoms with van der Waals surface area (Å²) in [6.45, 7) is 8.79. The molecule has 1 aromatic rings. The van der Waals surface area contributed by atoms with Crippen molar-refractivity contribution >= 4 is 22.9 Å². The topological polar surface area (TPSA) is 15.3 Å². The Labute approximate surface area is 120 Å². The van der Waals surface area contributed by atoms with Crippen LogP contribution in [0.25, 0.3) is 0 Å². The van der Waals surface area contributed by atoms with E-state index in [9.17, 15) is 0 Å². The third-order valence-electron chi connectivity index (χ3n) is 3.14. The van der Waals surface area contributed by atoms with E-state index in [0.717, 1.165) is 17.4 Å². The summed E-state index contributed by atoms with van der Waals surface area (Å²) in [5.74, 6) is 0. The van der Waals surface area contributed by atoms with Gasteiger partial charge in [0, 0.05) is 23.5 Å². The molecule has 1 N–H and O–H groups in total. The van der Waals surface area contributed by atoms with Gasteiger partial charge < -0.3 is 5.32 Å². The van der Waals surface area contributed by atoms with Crippen LogP contribution in [0, 0.1) is 0 Å². The van der Waals surface area contributed by atoms with Crippen LogP contribution in [0.3, 0.4) is 0 Å². The molecule has 4 heteroatoms. The Bertz CT molecular complexity index is 338. The predicted molar refractivity (Wildman–Crippen MR) is 82.6 cm³/mol. The van der Waals surface area contributed by atoms with Crippen molar-refractivity contribution < 1.29 is 0 Å². The SMILES string of the molecule is CC(C)NCCCC(C)N(C)Cc1ccc(Cl)s1. The first-order chi connectivity index (χ1) is 8.49. The highest BCUT2D eigenvalue weighted by atomic mass is 35.5. The van der Waals surface area contributed by atoms with Crippen molar-refractivity contribution in [3.05, 3.63) is 21.3 Å². The van der Waals surface area contributed by atoms with E-state index in [1.807, 2.05) is 6.07 Å². The van der Waals surface area contributed by atoms with Gasteiger partial charge in [-0.1, -0.05) is 25.4 Å². The molecular formula is C14H25ClN2S. The number of thiophene rings is 1. The standard InChI is InChI=1S/C14H25ClN2S/c1-11(2)16-9-5-6-12(3)17(4)10-13-7-8-14(15)18-13/h7-8,11-12,16H,5-6,9-10H2,1-4H3. The van der Waals surface area contributed by atoms with E-state index in [-0.39, 0.29) is 0 Å². The predicted octanol–water partition coefficient (Wildman–Crippen LogP) is 4.00. The minimum absolute atomic E-state index is 0.589. The third-order valence-corrected chi connectivity index (χ3v) is 4.35. The molecule has 1 aromatic heterocycles. The van der Waals surface area contributed by atoms with Crippen molar-refractivity contribution in [2.45, 2.75) is 52.2 Å². The van der Waals surface area contributed by atoms with E-state index >= 15 is 0 Å². The quantitative estimate of drug-likeness (QED) is 0.728. The van der Waals surface area contributed by atoms with Crippen LogP contribution in [0.4, 0.5) is 0 Å². The van der Waals surface area contributed by atoms with Gasteiger partial charge in [0.05, 0.1) is 4.34 Å². The molecular weight excluding hydrogens is 264 g/mol. The Morgan fingerprint density at radius 2 is 2.06 bits per heavy atom. The van der Waals surface area contributed by atoms with Gasteiger partial charge in [0.15, 0.2) is 0 Å². The molecule has 0 spiro atoms. The smallest absolute Gasteiger partial charge is 0.0931 e. The maximum Gasteiger partial charge on any atom is 0.0931 e. The van der Waals surface area contributed by atoms with E-state index in [4.69, 9.17) is 11.6 Å². The van der Waals surface area contributed by atoms with Gasteiger partial charge in [-0.25, -0.2) is 0 Å². The van der Waals surface area contributed by atoms with E-state index in [2.05, 4.69) is 44.1 Å². The zero-order valence-corrected chi connectivity index (χ0v) is 13.4. The summed E-state index contributed by atoms with van der Waals surface area (Å²) in [7, 11) is 2.19. The van der Waals surface area contributed by atoms with Crippen molar-refractivity contribution in [2.24, 2.45) is 0 Å². The lowest BCUT2D eigenvalue weighted by atomic mass is 10.1.